The van der Waals surface area contributed by atoms with E-state index in [1.54, 1.807) is 0 Å². The molecule has 0 bridgehead atoms. The molecule has 86 valence electrons. The highest BCUT2D eigenvalue weighted by atomic mass is 14.9. The fourth-order valence-corrected chi connectivity index (χ4v) is 2.36. The van der Waals surface area contributed by atoms with E-state index in [0.717, 1.165) is 6.42 Å². The highest BCUT2D eigenvalue weighted by molar-refractivity contribution is 5.19. The van der Waals surface area contributed by atoms with Gasteiger partial charge in [-0.15, -0.1) is 0 Å². The highest BCUT2D eigenvalue weighted by Gasteiger charge is 2.15. The molecule has 2 rings (SSSR count). The summed E-state index contributed by atoms with van der Waals surface area (Å²) < 4.78 is 0. The van der Waals surface area contributed by atoms with Crippen molar-refractivity contribution in [1.82, 2.24) is 5.32 Å². The Morgan fingerprint density at radius 3 is 2.69 bits per heavy atom. The second-order valence-corrected chi connectivity index (χ2v) is 4.52. The number of hydrogen-bond donors (Lipinski definition) is 1. The number of allylic oxidation sites excluding steroid dienone is 1. The molecule has 1 N–H and O–H groups in total. The van der Waals surface area contributed by atoms with Crippen LogP contribution in [0.15, 0.2) is 42.5 Å². The van der Waals surface area contributed by atoms with Gasteiger partial charge < -0.3 is 5.32 Å². The van der Waals surface area contributed by atoms with E-state index >= 15 is 0 Å². The minimum Gasteiger partial charge on any atom is -0.307 e. The van der Waals surface area contributed by atoms with Crippen LogP contribution in [0.2, 0.25) is 0 Å². The molecule has 0 saturated heterocycles. The van der Waals surface area contributed by atoms with Crippen molar-refractivity contribution in [2.24, 2.45) is 0 Å². The zero-order chi connectivity index (χ0) is 11.2. The van der Waals surface area contributed by atoms with Gasteiger partial charge in [-0.2, -0.15) is 0 Å². The first kappa shape index (κ1) is 11.4. The van der Waals surface area contributed by atoms with Gasteiger partial charge in [0.1, 0.15) is 0 Å². The van der Waals surface area contributed by atoms with Crippen molar-refractivity contribution in [3.05, 3.63) is 48.0 Å². The van der Waals surface area contributed by atoms with Gasteiger partial charge >= 0.3 is 0 Å². The second-order valence-electron chi connectivity index (χ2n) is 4.52. The van der Waals surface area contributed by atoms with E-state index in [2.05, 4.69) is 54.7 Å². The van der Waals surface area contributed by atoms with Crippen LogP contribution < -0.4 is 5.32 Å². The van der Waals surface area contributed by atoms with Crippen LogP contribution in [-0.2, 0) is 0 Å². The molecule has 1 heteroatoms. The molecule has 0 saturated carbocycles. The highest BCUT2D eigenvalue weighted by Crippen LogP contribution is 2.20. The van der Waals surface area contributed by atoms with Crippen LogP contribution >= 0.6 is 0 Å². The lowest BCUT2D eigenvalue weighted by Gasteiger charge is -2.26. The molecule has 1 aromatic rings. The Kier molecular flexibility index (Phi) is 4.17. The fraction of sp³-hybridized carbons (Fsp3) is 0.467. The van der Waals surface area contributed by atoms with E-state index in [-0.39, 0.29) is 0 Å². The van der Waals surface area contributed by atoms with Crippen molar-refractivity contribution in [2.75, 3.05) is 0 Å². The quantitative estimate of drug-likeness (QED) is 0.753. The summed E-state index contributed by atoms with van der Waals surface area (Å²) in [5.74, 6) is 0. The lowest BCUT2D eigenvalue weighted by atomic mass is 9.98. The van der Waals surface area contributed by atoms with E-state index in [1.165, 1.54) is 24.8 Å². The summed E-state index contributed by atoms with van der Waals surface area (Å²) in [7, 11) is 0. The first-order valence-corrected chi connectivity index (χ1v) is 6.36. The van der Waals surface area contributed by atoms with E-state index in [4.69, 9.17) is 0 Å². The van der Waals surface area contributed by atoms with Crippen LogP contribution in [0, 0.1) is 0 Å². The van der Waals surface area contributed by atoms with Gasteiger partial charge in [0.25, 0.3) is 0 Å². The standard InChI is InChI=1S/C15H21N/c1-2-15(13-9-5-3-6-10-13)16-14-11-7-4-8-12-14/h3-7,9-10,14-16H,2,8,11-12H2,1H3. The maximum atomic E-state index is 3.77. The second kappa shape index (κ2) is 5.86. The van der Waals surface area contributed by atoms with Crippen molar-refractivity contribution < 1.29 is 0 Å². The monoisotopic (exact) mass is 215 g/mol. The summed E-state index contributed by atoms with van der Waals surface area (Å²) in [5.41, 5.74) is 1.42. The molecular weight excluding hydrogens is 194 g/mol. The first-order valence-electron chi connectivity index (χ1n) is 6.36. The van der Waals surface area contributed by atoms with Gasteiger partial charge in [-0.25, -0.2) is 0 Å². The number of nitrogens with one attached hydrogen (secondary N) is 1. The summed E-state index contributed by atoms with van der Waals surface area (Å²) in [5, 5.41) is 3.77. The fourth-order valence-electron chi connectivity index (χ4n) is 2.36. The van der Waals surface area contributed by atoms with Gasteiger partial charge in [0.2, 0.25) is 0 Å². The topological polar surface area (TPSA) is 12.0 Å². The Morgan fingerprint density at radius 2 is 2.06 bits per heavy atom. The van der Waals surface area contributed by atoms with Crippen LogP contribution in [0.4, 0.5) is 0 Å². The molecule has 1 aromatic carbocycles. The Balaban J connectivity index is 1.98. The lowest BCUT2D eigenvalue weighted by Crippen LogP contribution is -2.33. The van der Waals surface area contributed by atoms with Crippen LogP contribution in [0.25, 0.3) is 0 Å². The van der Waals surface area contributed by atoms with Crippen molar-refractivity contribution in [3.63, 3.8) is 0 Å². The van der Waals surface area contributed by atoms with Crippen molar-refractivity contribution in [2.45, 2.75) is 44.7 Å². The smallest absolute Gasteiger partial charge is 0.0320 e. The Morgan fingerprint density at radius 1 is 1.25 bits per heavy atom. The zero-order valence-corrected chi connectivity index (χ0v) is 10.0. The predicted molar refractivity (Wildman–Crippen MR) is 69.4 cm³/mol. The van der Waals surface area contributed by atoms with Gasteiger partial charge in [0.15, 0.2) is 0 Å². The maximum absolute atomic E-state index is 3.77. The Bertz CT molecular complexity index is 329. The molecule has 2 unspecified atom stereocenters. The van der Waals surface area contributed by atoms with Crippen LogP contribution in [-0.4, -0.2) is 6.04 Å². The third-order valence-electron chi connectivity index (χ3n) is 3.32. The van der Waals surface area contributed by atoms with Crippen molar-refractivity contribution in [1.29, 1.82) is 0 Å². The molecule has 0 aromatic heterocycles. The Hall–Kier alpha value is -1.08. The lowest BCUT2D eigenvalue weighted by molar-refractivity contribution is 0.402. The molecular formula is C15H21N. The molecule has 0 aliphatic heterocycles. The van der Waals surface area contributed by atoms with Gasteiger partial charge in [0.05, 0.1) is 0 Å². The predicted octanol–water partition coefficient (Wildman–Crippen LogP) is 3.84. The molecule has 16 heavy (non-hydrogen) atoms. The molecule has 1 nitrogen and oxygen atoms in total. The molecule has 1 aliphatic carbocycles. The van der Waals surface area contributed by atoms with Gasteiger partial charge in [-0.3, -0.25) is 0 Å². The van der Waals surface area contributed by atoms with Gasteiger partial charge in [-0.05, 0) is 31.2 Å². The summed E-state index contributed by atoms with van der Waals surface area (Å²) in [6, 6.07) is 12.0. The van der Waals surface area contributed by atoms with Crippen LogP contribution in [0.5, 0.6) is 0 Å². The summed E-state index contributed by atoms with van der Waals surface area (Å²) in [6.45, 7) is 2.25. The third kappa shape index (κ3) is 2.96. The molecule has 2 atom stereocenters. The van der Waals surface area contributed by atoms with Crippen molar-refractivity contribution in [3.8, 4) is 0 Å². The van der Waals surface area contributed by atoms with E-state index < -0.39 is 0 Å². The van der Waals surface area contributed by atoms with E-state index in [9.17, 15) is 0 Å². The van der Waals surface area contributed by atoms with Gasteiger partial charge in [0, 0.05) is 12.1 Å². The number of hydrogen-bond acceptors (Lipinski definition) is 1. The number of benzene rings is 1. The third-order valence-corrected chi connectivity index (χ3v) is 3.32. The minimum atomic E-state index is 0.512. The van der Waals surface area contributed by atoms with E-state index in [1.807, 2.05) is 0 Å². The Labute approximate surface area is 98.6 Å². The zero-order valence-electron chi connectivity index (χ0n) is 10.0. The van der Waals surface area contributed by atoms with Crippen LogP contribution in [0.3, 0.4) is 0 Å². The molecule has 0 radical (unpaired) electrons. The van der Waals surface area contributed by atoms with Crippen molar-refractivity contribution >= 4 is 0 Å². The van der Waals surface area contributed by atoms with Gasteiger partial charge in [-0.1, -0.05) is 49.4 Å². The van der Waals surface area contributed by atoms with E-state index in [0.29, 0.717) is 12.1 Å². The largest absolute Gasteiger partial charge is 0.307 e. The normalized spacial score (nSPS) is 21.9. The average Bonchev–Trinajstić information content (AvgIpc) is 2.38. The summed E-state index contributed by atoms with van der Waals surface area (Å²) in [6.07, 6.45) is 9.44. The minimum absolute atomic E-state index is 0.512. The number of rotatable bonds is 4. The maximum Gasteiger partial charge on any atom is 0.0320 e. The first-order chi connectivity index (χ1) is 7.90. The summed E-state index contributed by atoms with van der Waals surface area (Å²) in [4.78, 5) is 0. The summed E-state index contributed by atoms with van der Waals surface area (Å²) >= 11 is 0. The molecule has 0 spiro atoms. The SMILES string of the molecule is CCC(NC1CC=CCC1)c1ccccc1. The molecule has 0 fully saturated rings. The molecule has 1 aliphatic rings. The van der Waals surface area contributed by atoms with Crippen LogP contribution in [0.1, 0.15) is 44.2 Å². The molecule has 0 amide bonds. The molecule has 0 heterocycles. The average molecular weight is 215 g/mol.